The number of thiocarbonyl (C=S) groups is 1. The lowest BCUT2D eigenvalue weighted by atomic mass is 10.3. The second kappa shape index (κ2) is 3.68. The zero-order chi connectivity index (χ0) is 11.1. The minimum Gasteiger partial charge on any atom is -0.328 e. The van der Waals surface area contributed by atoms with Gasteiger partial charge >= 0.3 is 0 Å². The summed E-state index contributed by atoms with van der Waals surface area (Å²) in [5.41, 5.74) is 0.597. The molecule has 16 heavy (non-hydrogen) atoms. The summed E-state index contributed by atoms with van der Waals surface area (Å²) in [6.45, 7) is 0. The van der Waals surface area contributed by atoms with E-state index in [0.717, 1.165) is 17.7 Å². The highest BCUT2D eigenvalue weighted by Crippen LogP contribution is 2.31. The van der Waals surface area contributed by atoms with Gasteiger partial charge in [0.05, 0.1) is 0 Å². The molecule has 0 unspecified atom stereocenters. The maximum atomic E-state index is 12.0. The van der Waals surface area contributed by atoms with Crippen LogP contribution in [0.15, 0.2) is 23.2 Å². The largest absolute Gasteiger partial charge is 0.328 e. The molecule has 2 fully saturated rings. The molecule has 1 aliphatic heterocycles. The number of amides is 1. The van der Waals surface area contributed by atoms with Gasteiger partial charge in [-0.1, -0.05) is 6.07 Å². The lowest BCUT2D eigenvalue weighted by Crippen LogP contribution is -2.32. The number of nitrogens with one attached hydrogen (secondary N) is 1. The highest BCUT2D eigenvalue weighted by molar-refractivity contribution is 7.80. The third kappa shape index (κ3) is 1.66. The molecule has 0 spiro atoms. The molecule has 1 saturated carbocycles. The molecule has 1 aromatic rings. The van der Waals surface area contributed by atoms with Crippen LogP contribution in [-0.4, -0.2) is 22.0 Å². The molecule has 1 saturated heterocycles. The molecule has 82 valence electrons. The van der Waals surface area contributed by atoms with Crippen LogP contribution >= 0.6 is 23.6 Å². The predicted octanol–water partition coefficient (Wildman–Crippen LogP) is 1.97. The van der Waals surface area contributed by atoms with E-state index < -0.39 is 0 Å². The van der Waals surface area contributed by atoms with Gasteiger partial charge in [-0.25, -0.2) is 0 Å². The van der Waals surface area contributed by atoms with Gasteiger partial charge in [0.2, 0.25) is 0 Å². The molecule has 3 rings (SSSR count). The van der Waals surface area contributed by atoms with Crippen molar-refractivity contribution in [3.05, 3.63) is 28.1 Å². The zero-order valence-electron chi connectivity index (χ0n) is 8.47. The quantitative estimate of drug-likeness (QED) is 0.643. The average molecular weight is 250 g/mol. The number of carbonyl (C=O) groups excluding carboxylic acids is 1. The zero-order valence-corrected chi connectivity index (χ0v) is 10.1. The number of carbonyl (C=O) groups is 1. The fraction of sp³-hybridized carbons (Fsp3) is 0.273. The number of nitrogens with zero attached hydrogens (tertiary/aromatic N) is 1. The minimum atomic E-state index is 0.0147. The molecule has 0 radical (unpaired) electrons. The molecule has 0 aromatic carbocycles. The Balaban J connectivity index is 1.88. The summed E-state index contributed by atoms with van der Waals surface area (Å²) in [6.07, 6.45) is 4.00. The highest BCUT2D eigenvalue weighted by Gasteiger charge is 2.41. The molecule has 1 amide bonds. The van der Waals surface area contributed by atoms with Crippen molar-refractivity contribution in [1.82, 2.24) is 10.2 Å². The van der Waals surface area contributed by atoms with Gasteiger partial charge in [0, 0.05) is 10.9 Å². The van der Waals surface area contributed by atoms with Crippen molar-refractivity contribution in [2.75, 3.05) is 0 Å². The van der Waals surface area contributed by atoms with E-state index in [1.807, 2.05) is 23.6 Å². The standard InChI is InChI=1S/C11H10N2OS2/c14-10-9(6-8-2-1-5-16-8)12-11(15)13(10)7-3-4-7/h1-2,5-7H,3-4H2,(H,12,15)/b9-6+. The first-order valence-electron chi connectivity index (χ1n) is 5.15. The molecule has 1 aromatic heterocycles. The van der Waals surface area contributed by atoms with Crippen LogP contribution in [0.2, 0.25) is 0 Å². The van der Waals surface area contributed by atoms with Crippen molar-refractivity contribution < 1.29 is 4.79 Å². The summed E-state index contributed by atoms with van der Waals surface area (Å²) in [5, 5.41) is 5.53. The van der Waals surface area contributed by atoms with Gasteiger partial charge < -0.3 is 5.32 Å². The van der Waals surface area contributed by atoms with E-state index in [1.54, 1.807) is 16.2 Å². The normalized spacial score (nSPS) is 23.0. The summed E-state index contributed by atoms with van der Waals surface area (Å²) in [7, 11) is 0. The summed E-state index contributed by atoms with van der Waals surface area (Å²) >= 11 is 6.77. The Hall–Kier alpha value is -1.20. The van der Waals surface area contributed by atoms with Crippen LogP contribution in [0.25, 0.3) is 6.08 Å². The maximum Gasteiger partial charge on any atom is 0.276 e. The molecular weight excluding hydrogens is 240 g/mol. The average Bonchev–Trinajstić information content (AvgIpc) is 2.86. The van der Waals surface area contributed by atoms with Crippen molar-refractivity contribution in [2.45, 2.75) is 18.9 Å². The second-order valence-electron chi connectivity index (χ2n) is 3.91. The van der Waals surface area contributed by atoms with E-state index in [9.17, 15) is 4.79 Å². The lowest BCUT2D eigenvalue weighted by Gasteiger charge is -2.11. The van der Waals surface area contributed by atoms with E-state index in [0.29, 0.717) is 16.9 Å². The van der Waals surface area contributed by atoms with Crippen LogP contribution in [0.1, 0.15) is 17.7 Å². The van der Waals surface area contributed by atoms with E-state index >= 15 is 0 Å². The fourth-order valence-electron chi connectivity index (χ4n) is 1.73. The maximum absolute atomic E-state index is 12.0. The monoisotopic (exact) mass is 250 g/mol. The number of rotatable bonds is 2. The number of hydrogen-bond acceptors (Lipinski definition) is 3. The molecule has 1 aliphatic carbocycles. The predicted molar refractivity (Wildman–Crippen MR) is 67.9 cm³/mol. The Bertz CT molecular complexity index is 474. The molecule has 2 heterocycles. The fourth-order valence-corrected chi connectivity index (χ4v) is 2.73. The Morgan fingerprint density at radius 1 is 1.56 bits per heavy atom. The molecule has 5 heteroatoms. The SMILES string of the molecule is O=C1/C(=C\c2cccs2)NC(=S)N1C1CC1. The second-order valence-corrected chi connectivity index (χ2v) is 5.28. The first-order valence-corrected chi connectivity index (χ1v) is 6.44. The van der Waals surface area contributed by atoms with Crippen molar-refractivity contribution in [3.63, 3.8) is 0 Å². The summed E-state index contributed by atoms with van der Waals surface area (Å²) in [6, 6.07) is 4.28. The Morgan fingerprint density at radius 2 is 2.38 bits per heavy atom. The Morgan fingerprint density at radius 3 is 3.00 bits per heavy atom. The molecule has 0 bridgehead atoms. The van der Waals surface area contributed by atoms with E-state index in [-0.39, 0.29) is 5.91 Å². The van der Waals surface area contributed by atoms with Gasteiger partial charge in [0.1, 0.15) is 5.70 Å². The third-order valence-corrected chi connectivity index (χ3v) is 3.77. The van der Waals surface area contributed by atoms with Crippen molar-refractivity contribution in [3.8, 4) is 0 Å². The van der Waals surface area contributed by atoms with Crippen LogP contribution in [-0.2, 0) is 4.79 Å². The molecule has 3 nitrogen and oxygen atoms in total. The molecule has 2 aliphatic rings. The number of thiophene rings is 1. The van der Waals surface area contributed by atoms with E-state index in [1.165, 1.54) is 0 Å². The van der Waals surface area contributed by atoms with Crippen molar-refractivity contribution in [2.24, 2.45) is 0 Å². The van der Waals surface area contributed by atoms with Gasteiger partial charge in [-0.2, -0.15) is 0 Å². The van der Waals surface area contributed by atoms with Crippen LogP contribution in [0.3, 0.4) is 0 Å². The van der Waals surface area contributed by atoms with Crippen LogP contribution < -0.4 is 5.32 Å². The van der Waals surface area contributed by atoms with E-state index in [4.69, 9.17) is 12.2 Å². The smallest absolute Gasteiger partial charge is 0.276 e. The molecule has 1 N–H and O–H groups in total. The van der Waals surface area contributed by atoms with Gasteiger partial charge in [0.15, 0.2) is 5.11 Å². The summed E-state index contributed by atoms with van der Waals surface area (Å²) < 4.78 is 0. The first-order chi connectivity index (χ1) is 7.75. The first kappa shape index (κ1) is 9.99. The molecule has 0 atom stereocenters. The van der Waals surface area contributed by atoms with Crippen LogP contribution in [0, 0.1) is 0 Å². The van der Waals surface area contributed by atoms with Crippen molar-refractivity contribution in [1.29, 1.82) is 0 Å². The van der Waals surface area contributed by atoms with Gasteiger partial charge in [-0.15, -0.1) is 11.3 Å². The Labute approximate surface area is 103 Å². The lowest BCUT2D eigenvalue weighted by molar-refractivity contribution is -0.122. The van der Waals surface area contributed by atoms with Gasteiger partial charge in [-0.05, 0) is 42.6 Å². The number of hydrogen-bond donors (Lipinski definition) is 1. The summed E-state index contributed by atoms with van der Waals surface area (Å²) in [4.78, 5) is 14.8. The minimum absolute atomic E-state index is 0.0147. The van der Waals surface area contributed by atoms with Crippen molar-refractivity contribution >= 4 is 40.7 Å². The highest BCUT2D eigenvalue weighted by atomic mass is 32.1. The van der Waals surface area contributed by atoms with E-state index in [2.05, 4.69) is 5.32 Å². The topological polar surface area (TPSA) is 32.3 Å². The van der Waals surface area contributed by atoms with Gasteiger partial charge in [-0.3, -0.25) is 9.69 Å². The van der Waals surface area contributed by atoms with Gasteiger partial charge in [0.25, 0.3) is 5.91 Å². The van der Waals surface area contributed by atoms with Crippen LogP contribution in [0.4, 0.5) is 0 Å². The molecular formula is C11H10N2OS2. The Kier molecular flexibility index (Phi) is 2.29. The summed E-state index contributed by atoms with van der Waals surface area (Å²) in [5.74, 6) is 0.0147. The third-order valence-electron chi connectivity index (χ3n) is 2.65. The van der Waals surface area contributed by atoms with Crippen LogP contribution in [0.5, 0.6) is 0 Å².